The van der Waals surface area contributed by atoms with Gasteiger partial charge in [0.25, 0.3) is 5.24 Å². The molecule has 5 heteroatoms. The summed E-state index contributed by atoms with van der Waals surface area (Å²) in [7, 11) is 0. The van der Waals surface area contributed by atoms with Crippen molar-refractivity contribution in [1.29, 1.82) is 0 Å². The van der Waals surface area contributed by atoms with E-state index in [0.29, 0.717) is 5.75 Å². The van der Waals surface area contributed by atoms with Crippen molar-refractivity contribution >= 4 is 22.9 Å². The summed E-state index contributed by atoms with van der Waals surface area (Å²) >= 11 is 1.17. The SMILES string of the molecule is CC1(NC(=O)C2CSC(=O)N2)CCc2ccccc2C1. The van der Waals surface area contributed by atoms with Gasteiger partial charge in [0.05, 0.1) is 0 Å². The van der Waals surface area contributed by atoms with Gasteiger partial charge in [-0.1, -0.05) is 36.0 Å². The molecule has 2 unspecified atom stereocenters. The molecule has 2 amide bonds. The lowest BCUT2D eigenvalue weighted by atomic mass is 9.79. The lowest BCUT2D eigenvalue weighted by Crippen LogP contribution is -2.55. The molecule has 2 N–H and O–H groups in total. The van der Waals surface area contributed by atoms with Gasteiger partial charge < -0.3 is 10.6 Å². The molecule has 1 aromatic carbocycles. The molecule has 0 bridgehead atoms. The fourth-order valence-electron chi connectivity index (χ4n) is 2.91. The number of fused-ring (bicyclic) bond motifs is 1. The van der Waals surface area contributed by atoms with Crippen LogP contribution in [0.15, 0.2) is 24.3 Å². The zero-order valence-corrected chi connectivity index (χ0v) is 12.3. The number of nitrogens with one attached hydrogen (secondary N) is 2. The summed E-state index contributed by atoms with van der Waals surface area (Å²) in [5.41, 5.74) is 2.47. The summed E-state index contributed by atoms with van der Waals surface area (Å²) in [4.78, 5) is 23.4. The fraction of sp³-hybridized carbons (Fsp3) is 0.467. The van der Waals surface area contributed by atoms with E-state index in [1.807, 2.05) is 6.07 Å². The summed E-state index contributed by atoms with van der Waals surface area (Å²) < 4.78 is 0. The Morgan fingerprint density at radius 1 is 1.40 bits per heavy atom. The van der Waals surface area contributed by atoms with Crippen molar-refractivity contribution in [2.75, 3.05) is 5.75 Å². The first-order chi connectivity index (χ1) is 9.56. The molecular weight excluding hydrogens is 272 g/mol. The summed E-state index contributed by atoms with van der Waals surface area (Å²) in [6.07, 6.45) is 2.77. The predicted molar refractivity (Wildman–Crippen MR) is 79.8 cm³/mol. The van der Waals surface area contributed by atoms with E-state index in [4.69, 9.17) is 0 Å². The third kappa shape index (κ3) is 2.68. The molecule has 0 radical (unpaired) electrons. The number of aryl methyl sites for hydroxylation is 1. The van der Waals surface area contributed by atoms with Crippen LogP contribution in [0.1, 0.15) is 24.5 Å². The highest BCUT2D eigenvalue weighted by atomic mass is 32.2. The molecule has 20 heavy (non-hydrogen) atoms. The van der Waals surface area contributed by atoms with Gasteiger partial charge in [-0.25, -0.2) is 0 Å². The van der Waals surface area contributed by atoms with Gasteiger partial charge >= 0.3 is 0 Å². The minimum atomic E-state index is -0.388. The van der Waals surface area contributed by atoms with Crippen molar-refractivity contribution in [3.63, 3.8) is 0 Å². The van der Waals surface area contributed by atoms with Crippen LogP contribution >= 0.6 is 11.8 Å². The van der Waals surface area contributed by atoms with E-state index >= 15 is 0 Å². The van der Waals surface area contributed by atoms with Gasteiger partial charge in [-0.15, -0.1) is 0 Å². The number of amides is 2. The van der Waals surface area contributed by atoms with Crippen LogP contribution in [0.25, 0.3) is 0 Å². The smallest absolute Gasteiger partial charge is 0.279 e. The maximum Gasteiger partial charge on any atom is 0.279 e. The lowest BCUT2D eigenvalue weighted by Gasteiger charge is -2.36. The average Bonchev–Trinajstić information content (AvgIpc) is 2.85. The van der Waals surface area contributed by atoms with Crippen LogP contribution in [-0.4, -0.2) is 28.5 Å². The Hall–Kier alpha value is -1.49. The molecule has 2 aliphatic rings. The molecule has 0 saturated carbocycles. The van der Waals surface area contributed by atoms with Crippen LogP contribution in [0.3, 0.4) is 0 Å². The third-order valence-corrected chi connectivity index (χ3v) is 4.94. The van der Waals surface area contributed by atoms with E-state index in [9.17, 15) is 9.59 Å². The highest BCUT2D eigenvalue weighted by molar-refractivity contribution is 8.14. The van der Waals surface area contributed by atoms with Crippen molar-refractivity contribution in [2.45, 2.75) is 37.8 Å². The molecule has 1 saturated heterocycles. The average molecular weight is 290 g/mol. The van der Waals surface area contributed by atoms with Crippen LogP contribution in [-0.2, 0) is 17.6 Å². The monoisotopic (exact) mass is 290 g/mol. The van der Waals surface area contributed by atoms with Crippen LogP contribution in [0, 0.1) is 0 Å². The van der Waals surface area contributed by atoms with E-state index < -0.39 is 0 Å². The number of rotatable bonds is 2. The number of hydrogen-bond donors (Lipinski definition) is 2. The first kappa shape index (κ1) is 13.5. The minimum absolute atomic E-state index is 0.0646. The molecule has 1 aliphatic carbocycles. The van der Waals surface area contributed by atoms with E-state index in [2.05, 4.69) is 35.8 Å². The highest BCUT2D eigenvalue weighted by Crippen LogP contribution is 2.28. The van der Waals surface area contributed by atoms with Crippen LogP contribution < -0.4 is 10.6 Å². The number of thioether (sulfide) groups is 1. The van der Waals surface area contributed by atoms with Gasteiger partial charge in [-0.3, -0.25) is 9.59 Å². The number of carbonyl (C=O) groups excluding carboxylic acids is 2. The van der Waals surface area contributed by atoms with Gasteiger partial charge in [0, 0.05) is 11.3 Å². The standard InChI is InChI=1S/C15H18N2O2S/c1-15(17-13(18)12-9-20-14(19)16-12)7-6-10-4-2-3-5-11(10)8-15/h2-5,12H,6-9H2,1H3,(H,16,19)(H,17,18). The summed E-state index contributed by atoms with van der Waals surface area (Å²) in [5, 5.41) is 5.72. The number of carbonyl (C=O) groups is 2. The maximum absolute atomic E-state index is 12.2. The zero-order chi connectivity index (χ0) is 14.2. The highest BCUT2D eigenvalue weighted by Gasteiger charge is 2.35. The van der Waals surface area contributed by atoms with Gasteiger partial charge in [0.1, 0.15) is 6.04 Å². The third-order valence-electron chi connectivity index (χ3n) is 4.06. The van der Waals surface area contributed by atoms with Crippen LogP contribution in [0.5, 0.6) is 0 Å². The van der Waals surface area contributed by atoms with Gasteiger partial charge in [0.2, 0.25) is 5.91 Å². The van der Waals surface area contributed by atoms with Crippen LogP contribution in [0.4, 0.5) is 4.79 Å². The summed E-state index contributed by atoms with van der Waals surface area (Å²) in [6.45, 7) is 2.09. The Balaban J connectivity index is 1.68. The molecule has 3 rings (SSSR count). The largest absolute Gasteiger partial charge is 0.349 e. The van der Waals surface area contributed by atoms with Crippen molar-refractivity contribution in [3.8, 4) is 0 Å². The second-order valence-corrected chi connectivity index (χ2v) is 6.78. The van der Waals surface area contributed by atoms with Gasteiger partial charge in [-0.05, 0) is 37.3 Å². The van der Waals surface area contributed by atoms with Crippen molar-refractivity contribution in [2.24, 2.45) is 0 Å². The Bertz CT molecular complexity index is 561. The van der Waals surface area contributed by atoms with E-state index in [1.165, 1.54) is 22.9 Å². The van der Waals surface area contributed by atoms with Gasteiger partial charge in [-0.2, -0.15) is 0 Å². The second kappa shape index (κ2) is 5.13. The summed E-state index contributed by atoms with van der Waals surface area (Å²) in [6, 6.07) is 8.00. The van der Waals surface area contributed by atoms with Crippen molar-refractivity contribution in [1.82, 2.24) is 10.6 Å². The summed E-state index contributed by atoms with van der Waals surface area (Å²) in [5.74, 6) is 0.461. The number of benzene rings is 1. The minimum Gasteiger partial charge on any atom is -0.349 e. The predicted octanol–water partition coefficient (Wildman–Crippen LogP) is 1.88. The second-order valence-electron chi connectivity index (χ2n) is 5.79. The van der Waals surface area contributed by atoms with Crippen LogP contribution in [0.2, 0.25) is 0 Å². The number of hydrogen-bond acceptors (Lipinski definition) is 3. The first-order valence-electron chi connectivity index (χ1n) is 6.88. The molecule has 0 spiro atoms. The van der Waals surface area contributed by atoms with Gasteiger partial charge in [0.15, 0.2) is 0 Å². The van der Waals surface area contributed by atoms with Crippen molar-refractivity contribution in [3.05, 3.63) is 35.4 Å². The zero-order valence-electron chi connectivity index (χ0n) is 11.4. The Labute approximate surface area is 122 Å². The Morgan fingerprint density at radius 3 is 2.85 bits per heavy atom. The normalized spacial score (nSPS) is 28.6. The molecular formula is C15H18N2O2S. The molecule has 1 heterocycles. The molecule has 2 atom stereocenters. The maximum atomic E-state index is 12.2. The lowest BCUT2D eigenvalue weighted by molar-refractivity contribution is -0.124. The molecule has 1 aromatic rings. The molecule has 1 aliphatic heterocycles. The van der Waals surface area contributed by atoms with E-state index in [-0.39, 0.29) is 22.7 Å². The van der Waals surface area contributed by atoms with Crippen molar-refractivity contribution < 1.29 is 9.59 Å². The molecule has 4 nitrogen and oxygen atoms in total. The Morgan fingerprint density at radius 2 is 2.15 bits per heavy atom. The van der Waals surface area contributed by atoms with E-state index in [0.717, 1.165) is 19.3 Å². The molecule has 106 valence electrons. The quantitative estimate of drug-likeness (QED) is 0.874. The molecule has 0 aromatic heterocycles. The van der Waals surface area contributed by atoms with E-state index in [1.54, 1.807) is 0 Å². The first-order valence-corrected chi connectivity index (χ1v) is 7.86. The topological polar surface area (TPSA) is 58.2 Å². The molecule has 1 fully saturated rings. The Kier molecular flexibility index (Phi) is 3.46. The fourth-order valence-corrected chi connectivity index (χ4v) is 3.69.